The number of phosphoric acid groups is 1. The van der Waals surface area contributed by atoms with E-state index in [-0.39, 0.29) is 6.42 Å². The van der Waals surface area contributed by atoms with Crippen LogP contribution in [0.2, 0.25) is 0 Å². The van der Waals surface area contributed by atoms with Crippen LogP contribution in [0, 0.1) is 0 Å². The van der Waals surface area contributed by atoms with Crippen molar-refractivity contribution >= 4 is 19.8 Å². The van der Waals surface area contributed by atoms with Crippen molar-refractivity contribution in [3.63, 3.8) is 0 Å². The molecule has 6 unspecified atom stereocenters. The molecule has 1 aliphatic rings. The maximum absolute atomic E-state index is 12.5. The minimum absolute atomic E-state index is 0.169. The Labute approximate surface area is 344 Å². The highest BCUT2D eigenvalue weighted by Crippen LogP contribution is 2.47. The van der Waals surface area contributed by atoms with Crippen molar-refractivity contribution in [3.05, 3.63) is 0 Å². The van der Waals surface area contributed by atoms with Crippen LogP contribution in [0.3, 0.4) is 0 Å². The van der Waals surface area contributed by atoms with E-state index >= 15 is 0 Å². The van der Waals surface area contributed by atoms with E-state index in [1.54, 1.807) is 0 Å². The third-order valence-electron chi connectivity index (χ3n) is 11.0. The number of phosphoric ester groups is 1. The maximum atomic E-state index is 12.5. The molecule has 0 heterocycles. The second kappa shape index (κ2) is 34.6. The van der Waals surface area contributed by atoms with Crippen LogP contribution < -0.4 is 0 Å². The van der Waals surface area contributed by atoms with Crippen LogP contribution in [0.5, 0.6) is 0 Å². The number of esters is 2. The van der Waals surface area contributed by atoms with Gasteiger partial charge in [0, 0.05) is 13.3 Å². The van der Waals surface area contributed by atoms with Gasteiger partial charge in [-0.05, 0) is 6.42 Å². The van der Waals surface area contributed by atoms with Gasteiger partial charge in [0.05, 0.1) is 6.61 Å². The zero-order chi connectivity index (χ0) is 42.2. The lowest BCUT2D eigenvalue weighted by Crippen LogP contribution is -2.64. The summed E-state index contributed by atoms with van der Waals surface area (Å²) in [5.41, 5.74) is 0. The van der Waals surface area contributed by atoms with Gasteiger partial charge in [-0.2, -0.15) is 0 Å². The third kappa shape index (κ3) is 28.1. The number of hydrogen-bond acceptors (Lipinski definition) is 12. The minimum Gasteiger partial charge on any atom is -0.462 e. The van der Waals surface area contributed by atoms with E-state index in [2.05, 4.69) is 6.92 Å². The van der Waals surface area contributed by atoms with Crippen LogP contribution in [0.15, 0.2) is 0 Å². The van der Waals surface area contributed by atoms with Crippen LogP contribution in [-0.2, 0) is 32.7 Å². The summed E-state index contributed by atoms with van der Waals surface area (Å²) >= 11 is 0. The van der Waals surface area contributed by atoms with Crippen LogP contribution in [0.4, 0.5) is 0 Å². The number of carbonyl (C=O) groups is 2. The first-order chi connectivity index (χ1) is 27.4. The smallest absolute Gasteiger partial charge is 0.462 e. The normalized spacial score (nSPS) is 22.6. The molecule has 0 radical (unpaired) electrons. The topological polar surface area (TPSA) is 210 Å². The highest BCUT2D eigenvalue weighted by atomic mass is 31.2. The molecule has 0 aromatic carbocycles. The number of hydrogen-bond donors (Lipinski definition) is 6. The van der Waals surface area contributed by atoms with E-state index in [4.69, 9.17) is 18.5 Å². The van der Waals surface area contributed by atoms with Crippen LogP contribution >= 0.6 is 7.82 Å². The molecule has 0 aliphatic heterocycles. The number of unbranched alkanes of at least 4 members (excludes halogenated alkanes) is 28. The van der Waals surface area contributed by atoms with Gasteiger partial charge >= 0.3 is 19.8 Å². The molecule has 1 aliphatic carbocycles. The first-order valence-electron chi connectivity index (χ1n) is 22.8. The monoisotopic (exact) mass is 839 g/mol. The van der Waals surface area contributed by atoms with Gasteiger partial charge in [-0.25, -0.2) is 4.57 Å². The van der Waals surface area contributed by atoms with E-state index in [1.807, 2.05) is 0 Å². The molecule has 1 saturated carbocycles. The van der Waals surface area contributed by atoms with Crippen molar-refractivity contribution in [2.45, 2.75) is 249 Å². The van der Waals surface area contributed by atoms with Crippen LogP contribution in [0.25, 0.3) is 0 Å². The third-order valence-corrected chi connectivity index (χ3v) is 12.0. The largest absolute Gasteiger partial charge is 0.472 e. The molecule has 338 valence electrons. The summed E-state index contributed by atoms with van der Waals surface area (Å²) in [5, 5.41) is 49.3. The van der Waals surface area contributed by atoms with Gasteiger partial charge in [0.2, 0.25) is 0 Å². The fourth-order valence-electron chi connectivity index (χ4n) is 7.41. The standard InChI is InChI=1S/C43H83O13P/c1-3-4-5-6-7-8-9-10-11-12-13-14-15-16-17-18-19-20-21-22-23-24-25-26-27-28-29-30-31-32-37(45)53-33-36(55-35(2)44)34-54-57(51,52)56-43-41(49)39(47)38(46)40(48)42(43)50/h36,38-43,46-50H,3-34H2,1-2H3,(H,51,52)/t36-,38?,39-,40?,41?,42?,43?/m1/s1. The summed E-state index contributed by atoms with van der Waals surface area (Å²) in [6.07, 6.45) is 25.3. The lowest BCUT2D eigenvalue weighted by Gasteiger charge is -2.41. The average Bonchev–Trinajstić information content (AvgIpc) is 3.18. The van der Waals surface area contributed by atoms with E-state index in [1.165, 1.54) is 161 Å². The van der Waals surface area contributed by atoms with Gasteiger partial charge in [-0.1, -0.05) is 187 Å². The van der Waals surface area contributed by atoms with Gasteiger partial charge < -0.3 is 39.9 Å². The van der Waals surface area contributed by atoms with Gasteiger partial charge in [-0.15, -0.1) is 0 Å². The fraction of sp³-hybridized carbons (Fsp3) is 0.953. The van der Waals surface area contributed by atoms with Crippen molar-refractivity contribution in [1.29, 1.82) is 0 Å². The molecule has 1 fully saturated rings. The van der Waals surface area contributed by atoms with Crippen LogP contribution in [-0.4, -0.2) is 98.3 Å². The first kappa shape index (κ1) is 53.9. The van der Waals surface area contributed by atoms with Crippen molar-refractivity contribution in [1.82, 2.24) is 0 Å². The molecule has 0 spiro atoms. The molecular formula is C43H83O13P. The van der Waals surface area contributed by atoms with Crippen molar-refractivity contribution < 1.29 is 63.1 Å². The molecule has 0 bridgehead atoms. The Morgan fingerprint density at radius 1 is 0.509 bits per heavy atom. The zero-order valence-electron chi connectivity index (χ0n) is 35.7. The van der Waals surface area contributed by atoms with Crippen LogP contribution in [0.1, 0.15) is 206 Å². The molecule has 6 N–H and O–H groups in total. The van der Waals surface area contributed by atoms with Crippen molar-refractivity contribution in [3.8, 4) is 0 Å². The molecule has 1 rings (SSSR count). The lowest BCUT2D eigenvalue weighted by molar-refractivity contribution is -0.220. The summed E-state index contributed by atoms with van der Waals surface area (Å²) in [7, 11) is -5.06. The van der Waals surface area contributed by atoms with Gasteiger partial charge in [0.15, 0.2) is 6.10 Å². The fourth-order valence-corrected chi connectivity index (χ4v) is 8.38. The van der Waals surface area contributed by atoms with E-state index in [0.29, 0.717) is 6.42 Å². The number of rotatable bonds is 38. The Morgan fingerprint density at radius 2 is 0.825 bits per heavy atom. The summed E-state index contributed by atoms with van der Waals surface area (Å²) in [6.45, 7) is 2.18. The molecule has 14 heteroatoms. The van der Waals surface area contributed by atoms with Gasteiger partial charge in [0.1, 0.15) is 43.2 Å². The molecule has 0 aromatic rings. The predicted octanol–water partition coefficient (Wildman–Crippen LogP) is 8.50. The summed E-state index contributed by atoms with van der Waals surface area (Å²) in [6, 6.07) is 0. The molecule has 0 aromatic heterocycles. The first-order valence-corrected chi connectivity index (χ1v) is 24.3. The Hall–Kier alpha value is -1.15. The molecule has 8 atom stereocenters. The van der Waals surface area contributed by atoms with Crippen molar-refractivity contribution in [2.24, 2.45) is 0 Å². The number of aliphatic hydroxyl groups is 5. The van der Waals surface area contributed by atoms with Gasteiger partial charge in [-0.3, -0.25) is 18.6 Å². The SMILES string of the molecule is CCCCCCCCCCCCCCCCCCCCCCCCCCCCCCCC(=O)OC[C@H](COP(=O)(O)OC1C(O)C(O)C(O)[C@@H](O)C1O)OC(C)=O. The predicted molar refractivity (Wildman–Crippen MR) is 221 cm³/mol. The quantitative estimate of drug-likeness (QED) is 0.0196. The highest BCUT2D eigenvalue weighted by Gasteiger charge is 2.51. The average molecular weight is 839 g/mol. The highest BCUT2D eigenvalue weighted by molar-refractivity contribution is 7.47. The Bertz CT molecular complexity index is 1020. The molecule has 57 heavy (non-hydrogen) atoms. The second-order valence-corrected chi connectivity index (χ2v) is 17.8. The van der Waals surface area contributed by atoms with Gasteiger partial charge in [0.25, 0.3) is 0 Å². The molecule has 13 nitrogen and oxygen atoms in total. The summed E-state index contributed by atoms with van der Waals surface area (Å²) < 4.78 is 32.2. The molecular weight excluding hydrogens is 755 g/mol. The Morgan fingerprint density at radius 3 is 1.16 bits per heavy atom. The second-order valence-electron chi connectivity index (χ2n) is 16.4. The summed E-state index contributed by atoms with van der Waals surface area (Å²) in [5.74, 6) is -1.28. The van der Waals surface area contributed by atoms with Crippen molar-refractivity contribution in [2.75, 3.05) is 13.2 Å². The maximum Gasteiger partial charge on any atom is 0.472 e. The Kier molecular flexibility index (Phi) is 32.7. The lowest BCUT2D eigenvalue weighted by atomic mass is 9.85. The molecule has 0 amide bonds. The zero-order valence-corrected chi connectivity index (χ0v) is 36.6. The summed E-state index contributed by atoms with van der Waals surface area (Å²) in [4.78, 5) is 33.8. The Balaban J connectivity index is 1.95. The molecule has 0 saturated heterocycles. The van der Waals surface area contributed by atoms with E-state index < -0.39 is 75.7 Å². The minimum atomic E-state index is -5.06. The number of aliphatic hydroxyl groups excluding tert-OH is 5. The number of ether oxygens (including phenoxy) is 2. The number of carbonyl (C=O) groups excluding carboxylic acids is 2. The van der Waals surface area contributed by atoms with E-state index in [0.717, 1.165) is 26.2 Å². The van der Waals surface area contributed by atoms with E-state index in [9.17, 15) is 44.6 Å².